The Labute approximate surface area is 103 Å². The lowest BCUT2D eigenvalue weighted by Crippen LogP contribution is -2.37. The van der Waals surface area contributed by atoms with E-state index in [-0.39, 0.29) is 5.91 Å². The zero-order valence-electron chi connectivity index (χ0n) is 10.6. The Bertz CT molecular complexity index is 399. The molecular formula is C14H20N2O. The van der Waals surface area contributed by atoms with Gasteiger partial charge in [0.1, 0.15) is 0 Å². The summed E-state index contributed by atoms with van der Waals surface area (Å²) in [5.74, 6) is 0.205. The third-order valence-corrected chi connectivity index (χ3v) is 3.11. The number of aryl methyl sites for hydroxylation is 1. The van der Waals surface area contributed by atoms with Gasteiger partial charge in [0, 0.05) is 18.3 Å². The Morgan fingerprint density at radius 3 is 2.82 bits per heavy atom. The van der Waals surface area contributed by atoms with Gasteiger partial charge in [-0.25, -0.2) is 0 Å². The molecule has 1 saturated carbocycles. The number of carbonyl (C=O) groups excluding carboxylic acids is 1. The number of carbonyl (C=O) groups is 1. The average Bonchev–Trinajstić information content (AvgIpc) is 3.12. The van der Waals surface area contributed by atoms with Crippen LogP contribution in [0.2, 0.25) is 0 Å². The molecule has 0 atom stereocenters. The van der Waals surface area contributed by atoms with Crippen molar-refractivity contribution in [3.63, 3.8) is 0 Å². The molecule has 2 rings (SSSR count). The van der Waals surface area contributed by atoms with E-state index in [0.29, 0.717) is 12.6 Å². The van der Waals surface area contributed by atoms with Gasteiger partial charge in [0.25, 0.3) is 0 Å². The van der Waals surface area contributed by atoms with E-state index in [0.717, 1.165) is 12.2 Å². The molecule has 0 radical (unpaired) electrons. The summed E-state index contributed by atoms with van der Waals surface area (Å²) in [6, 6.07) is 8.61. The van der Waals surface area contributed by atoms with Crippen molar-refractivity contribution in [1.29, 1.82) is 0 Å². The summed E-state index contributed by atoms with van der Waals surface area (Å²) in [6.45, 7) is 5.31. The normalized spacial score (nSPS) is 14.5. The lowest BCUT2D eigenvalue weighted by atomic mass is 10.2. The molecule has 0 heterocycles. The predicted octanol–water partition coefficient (Wildman–Crippen LogP) is 2.42. The quantitative estimate of drug-likeness (QED) is 0.845. The molecule has 1 amide bonds. The van der Waals surface area contributed by atoms with Gasteiger partial charge in [-0.3, -0.25) is 4.79 Å². The number of nitrogens with one attached hydrogen (secondary N) is 1. The second kappa shape index (κ2) is 5.21. The molecular weight excluding hydrogens is 212 g/mol. The van der Waals surface area contributed by atoms with E-state index in [1.165, 1.54) is 18.4 Å². The summed E-state index contributed by atoms with van der Waals surface area (Å²) in [7, 11) is 0. The largest absolute Gasteiger partial charge is 0.376 e. The first-order valence-corrected chi connectivity index (χ1v) is 6.30. The van der Waals surface area contributed by atoms with Crippen LogP contribution >= 0.6 is 0 Å². The van der Waals surface area contributed by atoms with Crippen molar-refractivity contribution in [3.05, 3.63) is 29.8 Å². The summed E-state index contributed by atoms with van der Waals surface area (Å²) in [5, 5.41) is 3.19. The highest BCUT2D eigenvalue weighted by molar-refractivity contribution is 5.81. The van der Waals surface area contributed by atoms with E-state index in [2.05, 4.69) is 24.4 Å². The van der Waals surface area contributed by atoms with Crippen LogP contribution in [0.15, 0.2) is 24.3 Å². The maximum absolute atomic E-state index is 12.0. The maximum Gasteiger partial charge on any atom is 0.242 e. The minimum Gasteiger partial charge on any atom is -0.376 e. The van der Waals surface area contributed by atoms with Crippen molar-refractivity contribution >= 4 is 11.6 Å². The standard InChI is InChI=1S/C14H20N2O/c1-3-16(13-7-8-13)14(17)10-15-12-6-4-5-11(2)9-12/h4-6,9,13,15H,3,7-8,10H2,1-2H3. The van der Waals surface area contributed by atoms with Crippen molar-refractivity contribution in [1.82, 2.24) is 4.90 Å². The van der Waals surface area contributed by atoms with E-state index in [1.807, 2.05) is 24.0 Å². The molecule has 1 N–H and O–H groups in total. The molecule has 1 aliphatic carbocycles. The molecule has 17 heavy (non-hydrogen) atoms. The van der Waals surface area contributed by atoms with Gasteiger partial charge in [0.2, 0.25) is 5.91 Å². The Morgan fingerprint density at radius 2 is 2.24 bits per heavy atom. The molecule has 0 bridgehead atoms. The third kappa shape index (κ3) is 3.22. The van der Waals surface area contributed by atoms with Crippen LogP contribution in [0.1, 0.15) is 25.3 Å². The highest BCUT2D eigenvalue weighted by Crippen LogP contribution is 2.26. The van der Waals surface area contributed by atoms with Crippen molar-refractivity contribution in [2.75, 3.05) is 18.4 Å². The Morgan fingerprint density at radius 1 is 1.47 bits per heavy atom. The smallest absolute Gasteiger partial charge is 0.242 e. The van der Waals surface area contributed by atoms with Crippen LogP contribution in [0.25, 0.3) is 0 Å². The van der Waals surface area contributed by atoms with Gasteiger partial charge in [-0.05, 0) is 44.4 Å². The Balaban J connectivity index is 1.86. The van der Waals surface area contributed by atoms with Gasteiger partial charge in [0.05, 0.1) is 6.54 Å². The second-order valence-electron chi connectivity index (χ2n) is 4.63. The number of hydrogen-bond donors (Lipinski definition) is 1. The van der Waals surface area contributed by atoms with Gasteiger partial charge < -0.3 is 10.2 Å². The fourth-order valence-electron chi connectivity index (χ4n) is 2.06. The summed E-state index contributed by atoms with van der Waals surface area (Å²) in [6.07, 6.45) is 2.34. The number of anilines is 1. The molecule has 0 saturated heterocycles. The molecule has 0 unspecified atom stereocenters. The molecule has 1 aromatic rings. The average molecular weight is 232 g/mol. The minimum absolute atomic E-state index is 0.205. The van der Waals surface area contributed by atoms with Gasteiger partial charge in [-0.2, -0.15) is 0 Å². The molecule has 3 heteroatoms. The van der Waals surface area contributed by atoms with E-state index in [4.69, 9.17) is 0 Å². The lowest BCUT2D eigenvalue weighted by Gasteiger charge is -2.20. The van der Waals surface area contributed by atoms with E-state index < -0.39 is 0 Å². The Hall–Kier alpha value is -1.51. The first-order valence-electron chi connectivity index (χ1n) is 6.30. The molecule has 0 spiro atoms. The van der Waals surface area contributed by atoms with E-state index in [9.17, 15) is 4.79 Å². The van der Waals surface area contributed by atoms with Crippen LogP contribution in [0.3, 0.4) is 0 Å². The highest BCUT2D eigenvalue weighted by atomic mass is 16.2. The Kier molecular flexibility index (Phi) is 3.67. The SMILES string of the molecule is CCN(C(=O)CNc1cccc(C)c1)C1CC1. The van der Waals surface area contributed by atoms with Crippen LogP contribution < -0.4 is 5.32 Å². The predicted molar refractivity (Wildman–Crippen MR) is 70.1 cm³/mol. The van der Waals surface area contributed by atoms with Crippen LogP contribution in [0.5, 0.6) is 0 Å². The van der Waals surface area contributed by atoms with Crippen molar-refractivity contribution < 1.29 is 4.79 Å². The van der Waals surface area contributed by atoms with Gasteiger partial charge in [-0.15, -0.1) is 0 Å². The lowest BCUT2D eigenvalue weighted by molar-refractivity contribution is -0.129. The van der Waals surface area contributed by atoms with Gasteiger partial charge in [-0.1, -0.05) is 12.1 Å². The number of amides is 1. The number of nitrogens with zero attached hydrogens (tertiary/aromatic N) is 1. The fourth-order valence-corrected chi connectivity index (χ4v) is 2.06. The second-order valence-corrected chi connectivity index (χ2v) is 4.63. The summed E-state index contributed by atoms with van der Waals surface area (Å²) in [4.78, 5) is 14.0. The van der Waals surface area contributed by atoms with Crippen molar-refractivity contribution in [3.8, 4) is 0 Å². The summed E-state index contributed by atoms with van der Waals surface area (Å²) in [5.41, 5.74) is 2.22. The van der Waals surface area contributed by atoms with E-state index in [1.54, 1.807) is 0 Å². The maximum atomic E-state index is 12.0. The molecule has 1 fully saturated rings. The summed E-state index contributed by atoms with van der Waals surface area (Å²) >= 11 is 0. The van der Waals surface area contributed by atoms with Crippen molar-refractivity contribution in [2.45, 2.75) is 32.7 Å². The number of benzene rings is 1. The molecule has 3 nitrogen and oxygen atoms in total. The van der Waals surface area contributed by atoms with Gasteiger partial charge >= 0.3 is 0 Å². The summed E-state index contributed by atoms with van der Waals surface area (Å²) < 4.78 is 0. The zero-order valence-corrected chi connectivity index (χ0v) is 10.6. The van der Waals surface area contributed by atoms with Crippen LogP contribution in [-0.2, 0) is 4.79 Å². The number of hydrogen-bond acceptors (Lipinski definition) is 2. The van der Waals surface area contributed by atoms with Crippen molar-refractivity contribution in [2.24, 2.45) is 0 Å². The molecule has 92 valence electrons. The van der Waals surface area contributed by atoms with Crippen LogP contribution in [0.4, 0.5) is 5.69 Å². The third-order valence-electron chi connectivity index (χ3n) is 3.11. The van der Waals surface area contributed by atoms with Crippen LogP contribution in [0, 0.1) is 6.92 Å². The molecule has 1 aromatic carbocycles. The first kappa shape index (κ1) is 12.0. The molecule has 0 aliphatic heterocycles. The number of rotatable bonds is 5. The first-order chi connectivity index (χ1) is 8.20. The fraction of sp³-hybridized carbons (Fsp3) is 0.500. The number of likely N-dealkylation sites (N-methyl/N-ethyl adjacent to an activating group) is 1. The molecule has 0 aromatic heterocycles. The van der Waals surface area contributed by atoms with E-state index >= 15 is 0 Å². The molecule has 1 aliphatic rings. The van der Waals surface area contributed by atoms with Crippen LogP contribution in [-0.4, -0.2) is 29.9 Å². The highest BCUT2D eigenvalue weighted by Gasteiger charge is 2.30. The topological polar surface area (TPSA) is 32.3 Å². The monoisotopic (exact) mass is 232 g/mol. The zero-order chi connectivity index (χ0) is 12.3. The minimum atomic E-state index is 0.205. The van der Waals surface area contributed by atoms with Gasteiger partial charge in [0.15, 0.2) is 0 Å².